The second kappa shape index (κ2) is 15.5. The van der Waals surface area contributed by atoms with E-state index < -0.39 is 17.9 Å². The minimum atomic E-state index is -1.33. The van der Waals surface area contributed by atoms with Crippen molar-refractivity contribution in [2.24, 2.45) is 9.98 Å². The van der Waals surface area contributed by atoms with Crippen molar-refractivity contribution in [2.75, 3.05) is 26.2 Å². The van der Waals surface area contributed by atoms with E-state index in [1.165, 1.54) is 6.42 Å². The Hall–Kier alpha value is -3.32. The number of aliphatic imine (C=N–C) groups is 2. The van der Waals surface area contributed by atoms with Crippen molar-refractivity contribution in [3.8, 4) is 0 Å². The van der Waals surface area contributed by atoms with Gasteiger partial charge in [0.2, 0.25) is 0 Å². The average Bonchev–Trinajstić information content (AvgIpc) is 2.94. The Balaban J connectivity index is 0.00000441. The molecule has 0 unspecified atom stereocenters. The molecule has 0 spiro atoms. The number of piperidine rings is 1. The fraction of sp³-hybridized carbons (Fsp3) is 0.344. The van der Waals surface area contributed by atoms with E-state index in [2.05, 4.69) is 9.89 Å². The number of aryl methyl sites for hydroxylation is 1. The molecule has 7 nitrogen and oxygen atoms in total. The van der Waals surface area contributed by atoms with Gasteiger partial charge in [-0.3, -0.25) is 14.9 Å². The standard InChI is InChI=1S/C32H37N3O4.Ni/c1-23-12-6-7-15-25(23)26(18-21-36)31(32(38)39)34-30(24-13-4-2-5-14-24)27-16-8-9-17-28(27)33-29(37)22-35-19-10-3-11-20-35;/h2,4-9,12-17,26,31,36H,3,10-11,18-22H2,1H3,(H,33,37)(H,38,39);/q;+2/p-2/t26-,31+;/m0./s1. The number of nitrogens with zero attached hydrogens (tertiary/aromatic N) is 3. The van der Waals surface area contributed by atoms with Crippen molar-refractivity contribution >= 4 is 23.3 Å². The van der Waals surface area contributed by atoms with Crippen LogP contribution in [-0.4, -0.2) is 59.9 Å². The van der Waals surface area contributed by atoms with Gasteiger partial charge in [-0.25, -0.2) is 0 Å². The average molecular weight is 584 g/mol. The van der Waals surface area contributed by atoms with Gasteiger partial charge in [-0.15, -0.1) is 0 Å². The number of carboxylic acids is 1. The molecule has 1 heterocycles. The summed E-state index contributed by atoms with van der Waals surface area (Å²) in [4.78, 5) is 24.0. The Morgan fingerprint density at radius 2 is 1.57 bits per heavy atom. The van der Waals surface area contributed by atoms with Crippen LogP contribution in [0, 0.1) is 6.92 Å². The Morgan fingerprint density at radius 3 is 2.25 bits per heavy atom. The first kappa shape index (κ1) is 31.2. The number of aliphatic hydroxyl groups is 1. The molecule has 1 saturated heterocycles. The SMILES string of the molecule is Cc1ccccc1[C@H](CCO)[C@@H](N=C(c1ccccc1)c1ccccc1N=C([O-])CN1CCCCC1)C(=O)[O-].[Ni+2]. The number of carbonyl (C=O) groups excluding carboxylic acids is 1. The number of aliphatic hydroxyl groups excluding tert-OH is 1. The zero-order valence-corrected chi connectivity index (χ0v) is 23.6. The maximum atomic E-state index is 13.0. The van der Waals surface area contributed by atoms with Crippen molar-refractivity contribution in [3.63, 3.8) is 0 Å². The molecule has 1 N–H and O–H groups in total. The largest absolute Gasteiger partial charge is 2.00 e. The second-order valence-corrected chi connectivity index (χ2v) is 9.94. The molecule has 4 rings (SSSR count). The first-order valence-electron chi connectivity index (χ1n) is 13.5. The van der Waals surface area contributed by atoms with E-state index in [4.69, 9.17) is 4.99 Å². The summed E-state index contributed by atoms with van der Waals surface area (Å²) in [5.41, 5.74) is 3.82. The van der Waals surface area contributed by atoms with Crippen molar-refractivity contribution in [1.29, 1.82) is 0 Å². The van der Waals surface area contributed by atoms with E-state index >= 15 is 0 Å². The van der Waals surface area contributed by atoms with Gasteiger partial charge < -0.3 is 20.1 Å². The Labute approximate surface area is 246 Å². The Bertz CT molecular complexity index is 1310. The van der Waals surface area contributed by atoms with E-state index in [9.17, 15) is 20.1 Å². The molecule has 3 aromatic rings. The van der Waals surface area contributed by atoms with Gasteiger partial charge in [-0.2, -0.15) is 0 Å². The number of carbonyl (C=O) groups is 1. The maximum absolute atomic E-state index is 13.0. The zero-order valence-electron chi connectivity index (χ0n) is 22.6. The van der Waals surface area contributed by atoms with Crippen molar-refractivity contribution in [1.82, 2.24) is 4.90 Å². The molecule has 8 heteroatoms. The van der Waals surface area contributed by atoms with Crippen LogP contribution in [0.25, 0.3) is 0 Å². The van der Waals surface area contributed by atoms with E-state index in [0.717, 1.165) is 37.1 Å². The minimum Gasteiger partial charge on any atom is -0.861 e. The molecule has 0 amide bonds. The van der Waals surface area contributed by atoms with Crippen LogP contribution in [0.5, 0.6) is 0 Å². The monoisotopic (exact) mass is 583 g/mol. The number of likely N-dealkylation sites (tertiary alicyclic amines) is 1. The molecule has 1 aliphatic rings. The van der Waals surface area contributed by atoms with Gasteiger partial charge in [-0.1, -0.05) is 79.2 Å². The van der Waals surface area contributed by atoms with Gasteiger partial charge in [-0.05, 0) is 62.4 Å². The smallest absolute Gasteiger partial charge is 0.861 e. The van der Waals surface area contributed by atoms with Crippen LogP contribution < -0.4 is 10.2 Å². The summed E-state index contributed by atoms with van der Waals surface area (Å²) in [6, 6.07) is 22.7. The van der Waals surface area contributed by atoms with Gasteiger partial charge in [0.1, 0.15) is 0 Å². The van der Waals surface area contributed by atoms with Gasteiger partial charge in [0.15, 0.2) is 0 Å². The van der Waals surface area contributed by atoms with Crippen LogP contribution in [0.1, 0.15) is 53.9 Å². The van der Waals surface area contributed by atoms with Gasteiger partial charge in [0, 0.05) is 30.2 Å². The van der Waals surface area contributed by atoms with Crippen LogP contribution in [0.15, 0.2) is 88.8 Å². The van der Waals surface area contributed by atoms with E-state index in [1.54, 1.807) is 18.2 Å². The number of rotatable bonds is 11. The third-order valence-corrected chi connectivity index (χ3v) is 7.18. The molecule has 0 aromatic heterocycles. The molecule has 0 bridgehead atoms. The topological polar surface area (TPSA) is 111 Å². The summed E-state index contributed by atoms with van der Waals surface area (Å²) in [5.74, 6) is -2.18. The van der Waals surface area contributed by atoms with Crippen molar-refractivity contribution < 1.29 is 36.6 Å². The molecular weight excluding hydrogens is 549 g/mol. The van der Waals surface area contributed by atoms with E-state index in [0.29, 0.717) is 22.5 Å². The second-order valence-electron chi connectivity index (χ2n) is 9.94. The number of carboxylic acid groups (broad SMARTS) is 1. The Morgan fingerprint density at radius 1 is 0.925 bits per heavy atom. The fourth-order valence-corrected chi connectivity index (χ4v) is 5.22. The first-order valence-corrected chi connectivity index (χ1v) is 13.5. The summed E-state index contributed by atoms with van der Waals surface area (Å²) in [5, 5.41) is 35.4. The van der Waals surface area contributed by atoms with Gasteiger partial charge in [0.05, 0.1) is 23.4 Å². The quantitative estimate of drug-likeness (QED) is 0.212. The summed E-state index contributed by atoms with van der Waals surface area (Å²) in [7, 11) is 0. The first-order chi connectivity index (χ1) is 19.0. The molecule has 3 aromatic carbocycles. The number of benzene rings is 3. The van der Waals surface area contributed by atoms with Crippen LogP contribution >= 0.6 is 0 Å². The van der Waals surface area contributed by atoms with Gasteiger partial charge >= 0.3 is 16.5 Å². The molecule has 0 radical (unpaired) electrons. The zero-order chi connectivity index (χ0) is 27.6. The van der Waals surface area contributed by atoms with E-state index in [1.807, 2.05) is 67.6 Å². The third-order valence-electron chi connectivity index (χ3n) is 7.18. The number of hydrogen-bond donors (Lipinski definition) is 1. The van der Waals surface area contributed by atoms with Crippen molar-refractivity contribution in [3.05, 3.63) is 101 Å². The minimum absolute atomic E-state index is 0. The summed E-state index contributed by atoms with van der Waals surface area (Å²) < 4.78 is 0. The maximum Gasteiger partial charge on any atom is 2.00 e. The molecule has 0 saturated carbocycles. The van der Waals surface area contributed by atoms with Crippen LogP contribution in [0.2, 0.25) is 0 Å². The number of aliphatic carboxylic acids is 1. The van der Waals surface area contributed by atoms with E-state index in [-0.39, 0.29) is 42.0 Å². The predicted octanol–water partition coefficient (Wildman–Crippen LogP) is 2.99. The number of para-hydroxylation sites is 1. The van der Waals surface area contributed by atoms with Crippen LogP contribution in [-0.2, 0) is 21.3 Å². The molecule has 1 aliphatic heterocycles. The molecule has 2 atom stereocenters. The summed E-state index contributed by atoms with van der Waals surface area (Å²) >= 11 is 0. The van der Waals surface area contributed by atoms with Crippen LogP contribution in [0.3, 0.4) is 0 Å². The molecule has 40 heavy (non-hydrogen) atoms. The van der Waals surface area contributed by atoms with Crippen LogP contribution in [0.4, 0.5) is 5.69 Å². The molecule has 1 fully saturated rings. The Kier molecular flexibility index (Phi) is 12.1. The number of hydrogen-bond acceptors (Lipinski definition) is 7. The summed E-state index contributed by atoms with van der Waals surface area (Å²) in [6.07, 6.45) is 3.54. The molecule has 212 valence electrons. The molecule has 0 aliphatic carbocycles. The predicted molar refractivity (Wildman–Crippen MR) is 150 cm³/mol. The molecular formula is C32H35N3NiO4. The normalized spacial score (nSPS) is 16.1. The third kappa shape index (κ3) is 8.10. The fourth-order valence-electron chi connectivity index (χ4n) is 5.22. The summed E-state index contributed by atoms with van der Waals surface area (Å²) in [6.45, 7) is 3.74. The van der Waals surface area contributed by atoms with Crippen molar-refractivity contribution in [2.45, 2.75) is 44.6 Å². The van der Waals surface area contributed by atoms with Gasteiger partial charge in [0.25, 0.3) is 0 Å².